The van der Waals surface area contributed by atoms with Gasteiger partial charge >= 0.3 is 11.9 Å². The van der Waals surface area contributed by atoms with Crippen LogP contribution in [0.25, 0.3) is 0 Å². The number of phenols is 2. The maximum absolute atomic E-state index is 13.8. The topological polar surface area (TPSA) is 286 Å². The van der Waals surface area contributed by atoms with Gasteiger partial charge in [0.25, 0.3) is 0 Å². The molecule has 17 heteroatoms. The molecule has 0 radical (unpaired) electrons. The van der Waals surface area contributed by atoms with E-state index in [0.717, 1.165) is 0 Å². The smallest absolute Gasteiger partial charge is 0.326 e. The van der Waals surface area contributed by atoms with Crippen molar-refractivity contribution in [3.05, 3.63) is 77.9 Å². The molecule has 2 aromatic carbocycles. The van der Waals surface area contributed by atoms with Gasteiger partial charge in [0.1, 0.15) is 35.7 Å². The number of imidazole rings is 1. The molecule has 0 aliphatic carbocycles. The lowest BCUT2D eigenvalue weighted by Gasteiger charge is -2.26. The van der Waals surface area contributed by atoms with Gasteiger partial charge in [0.05, 0.1) is 12.9 Å². The number of hydrogen-bond acceptors (Lipinski definition) is 10. The van der Waals surface area contributed by atoms with E-state index in [-0.39, 0.29) is 30.8 Å². The van der Waals surface area contributed by atoms with Crippen LogP contribution in [0, 0.1) is 0 Å². The molecule has 256 valence electrons. The fourth-order valence-electron chi connectivity index (χ4n) is 4.57. The Kier molecular flexibility index (Phi) is 13.4. The van der Waals surface area contributed by atoms with E-state index in [4.69, 9.17) is 10.8 Å². The van der Waals surface area contributed by atoms with Gasteiger partial charge < -0.3 is 52.4 Å². The number of benzene rings is 2. The molecule has 0 saturated carbocycles. The number of carboxylic acids is 2. The van der Waals surface area contributed by atoms with Crippen LogP contribution in [0.1, 0.15) is 29.7 Å². The summed E-state index contributed by atoms with van der Waals surface area (Å²) in [6, 6.07) is 6.01. The van der Waals surface area contributed by atoms with Gasteiger partial charge in [-0.05, 0) is 41.8 Å². The molecule has 0 unspecified atom stereocenters. The van der Waals surface area contributed by atoms with Crippen LogP contribution >= 0.6 is 0 Å². The van der Waals surface area contributed by atoms with E-state index in [1.165, 1.54) is 48.9 Å². The summed E-state index contributed by atoms with van der Waals surface area (Å²) in [6.07, 6.45) is 1.45. The molecule has 0 aliphatic rings. The number of rotatable bonds is 18. The number of nitrogens with two attached hydrogens (primary N) is 1. The van der Waals surface area contributed by atoms with Crippen molar-refractivity contribution >= 4 is 35.6 Å². The number of aromatic amines is 1. The number of carbonyl (C=O) groups is 6. The second-order valence-corrected chi connectivity index (χ2v) is 10.8. The lowest BCUT2D eigenvalue weighted by Crippen LogP contribution is -2.59. The fourth-order valence-corrected chi connectivity index (χ4v) is 4.57. The summed E-state index contributed by atoms with van der Waals surface area (Å²) in [5.41, 5.74) is 6.91. The van der Waals surface area contributed by atoms with Gasteiger partial charge in [-0.1, -0.05) is 24.3 Å². The first-order valence-electron chi connectivity index (χ1n) is 14.7. The van der Waals surface area contributed by atoms with Crippen LogP contribution in [0.2, 0.25) is 0 Å². The minimum absolute atomic E-state index is 0.00973. The first-order valence-corrected chi connectivity index (χ1v) is 14.7. The van der Waals surface area contributed by atoms with Crippen molar-refractivity contribution in [1.82, 2.24) is 31.2 Å². The first-order chi connectivity index (χ1) is 22.8. The molecule has 1 aromatic heterocycles. The van der Waals surface area contributed by atoms with Gasteiger partial charge in [0.2, 0.25) is 23.6 Å². The first kappa shape index (κ1) is 36.5. The highest BCUT2D eigenvalue weighted by molar-refractivity contribution is 5.95. The number of aliphatic carboxylic acids is 2. The molecule has 1 heterocycles. The molecule has 3 aromatic rings. The number of nitrogens with one attached hydrogen (secondary N) is 5. The third-order valence-electron chi connectivity index (χ3n) is 7.10. The highest BCUT2D eigenvalue weighted by Crippen LogP contribution is 2.14. The molecule has 48 heavy (non-hydrogen) atoms. The molecule has 4 amide bonds. The quantitative estimate of drug-likeness (QED) is 0.0757. The monoisotopic (exact) mass is 667 g/mol. The van der Waals surface area contributed by atoms with Crippen molar-refractivity contribution in [1.29, 1.82) is 0 Å². The number of carboxylic acid groups (broad SMARTS) is 2. The van der Waals surface area contributed by atoms with E-state index in [1.54, 1.807) is 12.1 Å². The maximum Gasteiger partial charge on any atom is 0.326 e. The molecule has 0 saturated heterocycles. The predicted molar refractivity (Wildman–Crippen MR) is 167 cm³/mol. The summed E-state index contributed by atoms with van der Waals surface area (Å²) in [5.74, 6) is -6.05. The molecule has 0 spiro atoms. The Hall–Kier alpha value is -5.97. The van der Waals surface area contributed by atoms with E-state index in [2.05, 4.69) is 31.2 Å². The van der Waals surface area contributed by atoms with E-state index in [0.29, 0.717) is 16.8 Å². The van der Waals surface area contributed by atoms with Crippen LogP contribution in [0.5, 0.6) is 11.5 Å². The summed E-state index contributed by atoms with van der Waals surface area (Å²) in [5, 5.41) is 47.8. The van der Waals surface area contributed by atoms with E-state index >= 15 is 0 Å². The molecule has 4 atom stereocenters. The van der Waals surface area contributed by atoms with Crippen LogP contribution in [0.4, 0.5) is 0 Å². The second-order valence-electron chi connectivity index (χ2n) is 10.8. The summed E-state index contributed by atoms with van der Waals surface area (Å²) in [7, 11) is 0. The molecule has 0 aliphatic heterocycles. The number of amides is 4. The van der Waals surface area contributed by atoms with Gasteiger partial charge in [-0.15, -0.1) is 0 Å². The Labute approximate surface area is 273 Å². The van der Waals surface area contributed by atoms with Crippen molar-refractivity contribution in [3.8, 4) is 11.5 Å². The zero-order chi connectivity index (χ0) is 35.2. The Balaban J connectivity index is 1.88. The number of aromatic nitrogens is 2. The third-order valence-corrected chi connectivity index (χ3v) is 7.10. The van der Waals surface area contributed by atoms with Crippen molar-refractivity contribution in [2.45, 2.75) is 56.3 Å². The second kappa shape index (κ2) is 17.7. The average Bonchev–Trinajstić information content (AvgIpc) is 3.56. The van der Waals surface area contributed by atoms with Gasteiger partial charge in [0, 0.05) is 37.6 Å². The summed E-state index contributed by atoms with van der Waals surface area (Å²) >= 11 is 0. The highest BCUT2D eigenvalue weighted by atomic mass is 16.4. The average molecular weight is 668 g/mol. The number of hydrogen-bond donors (Lipinski definition) is 10. The number of phenolic OH excluding ortho intramolecular Hbond substituents is 2. The largest absolute Gasteiger partial charge is 0.508 e. The molecule has 17 nitrogen and oxygen atoms in total. The minimum Gasteiger partial charge on any atom is -0.508 e. The third kappa shape index (κ3) is 11.8. The molecule has 0 fully saturated rings. The number of aromatic hydroxyl groups is 2. The highest BCUT2D eigenvalue weighted by Gasteiger charge is 2.32. The summed E-state index contributed by atoms with van der Waals surface area (Å²) in [4.78, 5) is 82.5. The lowest BCUT2D eigenvalue weighted by molar-refractivity contribution is -0.143. The predicted octanol–water partition coefficient (Wildman–Crippen LogP) is -1.30. The van der Waals surface area contributed by atoms with E-state index in [9.17, 15) is 44.1 Å². The Bertz CT molecular complexity index is 1560. The van der Waals surface area contributed by atoms with Crippen LogP contribution in [0.15, 0.2) is 61.1 Å². The van der Waals surface area contributed by atoms with Crippen molar-refractivity contribution < 1.29 is 49.2 Å². The SMILES string of the molecule is NCC(=O)N[C@@H](Cc1ccc(O)cc1)C(=O)N[C@@H](Cc1cnc[nH]1)C(=O)N[C@@H](Cc1ccc(O)cc1)C(=O)N[C@@H](CCC(=O)O)C(=O)O. The lowest BCUT2D eigenvalue weighted by atomic mass is 10.0. The van der Waals surface area contributed by atoms with Crippen LogP contribution in [-0.2, 0) is 48.0 Å². The molecular weight excluding hydrogens is 630 g/mol. The number of carbonyl (C=O) groups excluding carboxylic acids is 4. The number of nitrogens with zero attached hydrogens (tertiary/aromatic N) is 1. The van der Waals surface area contributed by atoms with E-state index in [1.807, 2.05) is 0 Å². The van der Waals surface area contributed by atoms with Crippen molar-refractivity contribution in [3.63, 3.8) is 0 Å². The zero-order valence-corrected chi connectivity index (χ0v) is 25.6. The van der Waals surface area contributed by atoms with Gasteiger partial charge in [-0.25, -0.2) is 9.78 Å². The maximum atomic E-state index is 13.8. The number of H-pyrrole nitrogens is 1. The molecule has 0 bridgehead atoms. The Morgan fingerprint density at radius 2 is 1.15 bits per heavy atom. The standard InChI is InChI=1S/C31H37N7O10/c32-14-26(41)35-23(11-17-1-5-20(39)6-2-17)28(44)38-25(13-19-15-33-16-34-19)30(46)37-24(12-18-3-7-21(40)8-4-18)29(45)36-22(31(47)48)9-10-27(42)43/h1-8,15-16,22-25,39-40H,9-14,32H2,(H,33,34)(H,35,41)(H,36,45)(H,37,46)(H,38,44)(H,42,43)(H,47,48)/t22-,23-,24-,25-/m0/s1. The van der Waals surface area contributed by atoms with Gasteiger partial charge in [-0.3, -0.25) is 24.0 Å². The van der Waals surface area contributed by atoms with Crippen LogP contribution in [-0.4, -0.2) is 96.7 Å². The Morgan fingerprint density at radius 3 is 1.56 bits per heavy atom. The van der Waals surface area contributed by atoms with Crippen LogP contribution in [0.3, 0.4) is 0 Å². The van der Waals surface area contributed by atoms with Crippen LogP contribution < -0.4 is 27.0 Å². The summed E-state index contributed by atoms with van der Waals surface area (Å²) < 4.78 is 0. The minimum atomic E-state index is -1.58. The van der Waals surface area contributed by atoms with Gasteiger partial charge in [0.15, 0.2) is 0 Å². The van der Waals surface area contributed by atoms with Crippen molar-refractivity contribution in [2.24, 2.45) is 5.73 Å². The van der Waals surface area contributed by atoms with E-state index < -0.39 is 79.1 Å². The normalized spacial score (nSPS) is 13.3. The van der Waals surface area contributed by atoms with Crippen molar-refractivity contribution in [2.75, 3.05) is 6.54 Å². The zero-order valence-electron chi connectivity index (χ0n) is 25.6. The molecule has 11 N–H and O–H groups in total. The molecule has 3 rings (SSSR count). The fraction of sp³-hybridized carbons (Fsp3) is 0.323. The molecular formula is C31H37N7O10. The Morgan fingerprint density at radius 1 is 0.688 bits per heavy atom. The van der Waals surface area contributed by atoms with Gasteiger partial charge in [-0.2, -0.15) is 0 Å². The summed E-state index contributed by atoms with van der Waals surface area (Å²) in [6.45, 7) is -0.421.